The highest BCUT2D eigenvalue weighted by atomic mass is 16.2. The fourth-order valence-electron chi connectivity index (χ4n) is 3.05. The van der Waals surface area contributed by atoms with Crippen molar-refractivity contribution in [1.29, 1.82) is 0 Å². The van der Waals surface area contributed by atoms with E-state index < -0.39 is 0 Å². The first-order valence-corrected chi connectivity index (χ1v) is 7.03. The van der Waals surface area contributed by atoms with Gasteiger partial charge in [-0.05, 0) is 38.8 Å². The smallest absolute Gasteiger partial charge is 0.223 e. The van der Waals surface area contributed by atoms with Gasteiger partial charge in [-0.25, -0.2) is 0 Å². The van der Waals surface area contributed by atoms with E-state index in [-0.39, 0.29) is 5.91 Å². The average molecular weight is 239 g/mol. The van der Waals surface area contributed by atoms with Crippen LogP contribution in [0, 0.1) is 0 Å². The number of carbonyl (C=O) groups excluding carboxylic acids is 1. The van der Waals surface area contributed by atoms with Crippen LogP contribution in [0.3, 0.4) is 0 Å². The standard InChI is InChI=1S/C13H25N3O/c14-7-4-13(17)16-10-5-12(6-11-16)15-8-2-1-3-9-15/h12H,1-11,14H2. The predicted molar refractivity (Wildman–Crippen MR) is 68.7 cm³/mol. The molecule has 0 aliphatic carbocycles. The zero-order chi connectivity index (χ0) is 12.1. The SMILES string of the molecule is NCCC(=O)N1CCC(N2CCCCC2)CC1. The van der Waals surface area contributed by atoms with Crippen molar-refractivity contribution in [3.05, 3.63) is 0 Å². The van der Waals surface area contributed by atoms with E-state index in [4.69, 9.17) is 5.73 Å². The molecule has 0 spiro atoms. The maximum absolute atomic E-state index is 11.7. The van der Waals surface area contributed by atoms with Gasteiger partial charge in [-0.3, -0.25) is 4.79 Å². The van der Waals surface area contributed by atoms with Crippen molar-refractivity contribution in [2.75, 3.05) is 32.7 Å². The molecule has 0 radical (unpaired) electrons. The molecular formula is C13H25N3O. The lowest BCUT2D eigenvalue weighted by Gasteiger charge is -2.40. The summed E-state index contributed by atoms with van der Waals surface area (Å²) in [5.41, 5.74) is 5.42. The van der Waals surface area contributed by atoms with Crippen molar-refractivity contribution < 1.29 is 4.79 Å². The van der Waals surface area contributed by atoms with Crippen LogP contribution in [0.1, 0.15) is 38.5 Å². The molecule has 2 heterocycles. The number of likely N-dealkylation sites (tertiary alicyclic amines) is 2. The average Bonchev–Trinajstić information content (AvgIpc) is 2.40. The Bertz CT molecular complexity index is 243. The normalized spacial score (nSPS) is 23.9. The van der Waals surface area contributed by atoms with Gasteiger partial charge >= 0.3 is 0 Å². The Morgan fingerprint density at radius 2 is 1.71 bits per heavy atom. The van der Waals surface area contributed by atoms with Crippen molar-refractivity contribution >= 4 is 5.91 Å². The molecule has 0 aromatic carbocycles. The predicted octanol–water partition coefficient (Wildman–Crippen LogP) is 0.812. The molecule has 0 atom stereocenters. The number of nitrogens with two attached hydrogens (primary N) is 1. The first-order valence-electron chi connectivity index (χ1n) is 7.03. The molecule has 0 unspecified atom stereocenters. The number of piperidine rings is 2. The van der Waals surface area contributed by atoms with Crippen LogP contribution in [-0.2, 0) is 4.79 Å². The molecule has 98 valence electrons. The van der Waals surface area contributed by atoms with E-state index in [1.165, 1.54) is 32.4 Å². The summed E-state index contributed by atoms with van der Waals surface area (Å²) in [6, 6.07) is 0.720. The first kappa shape index (κ1) is 12.8. The number of rotatable bonds is 3. The van der Waals surface area contributed by atoms with Crippen LogP contribution in [-0.4, -0.2) is 54.5 Å². The van der Waals surface area contributed by atoms with E-state index in [0.717, 1.165) is 32.0 Å². The molecule has 0 aromatic rings. The van der Waals surface area contributed by atoms with Crippen LogP contribution >= 0.6 is 0 Å². The van der Waals surface area contributed by atoms with Crippen molar-refractivity contribution in [3.63, 3.8) is 0 Å². The lowest BCUT2D eigenvalue weighted by molar-refractivity contribution is -0.132. The van der Waals surface area contributed by atoms with E-state index in [9.17, 15) is 4.79 Å². The minimum absolute atomic E-state index is 0.240. The second-order valence-corrected chi connectivity index (χ2v) is 5.25. The van der Waals surface area contributed by atoms with Crippen LogP contribution in [0.25, 0.3) is 0 Å². The number of carbonyl (C=O) groups is 1. The Labute approximate surface area is 104 Å². The van der Waals surface area contributed by atoms with Crippen LogP contribution in [0.15, 0.2) is 0 Å². The Balaban J connectivity index is 1.75. The Hall–Kier alpha value is -0.610. The van der Waals surface area contributed by atoms with Gasteiger partial charge in [0.2, 0.25) is 5.91 Å². The Kier molecular flexibility index (Phi) is 4.80. The lowest BCUT2D eigenvalue weighted by Crippen LogP contribution is -2.48. The van der Waals surface area contributed by atoms with Gasteiger partial charge in [0.1, 0.15) is 0 Å². The highest BCUT2D eigenvalue weighted by Gasteiger charge is 2.26. The molecule has 4 nitrogen and oxygen atoms in total. The number of amides is 1. The molecule has 2 fully saturated rings. The van der Waals surface area contributed by atoms with E-state index in [2.05, 4.69) is 4.90 Å². The summed E-state index contributed by atoms with van der Waals surface area (Å²) < 4.78 is 0. The molecule has 2 N–H and O–H groups in total. The molecule has 0 saturated carbocycles. The monoisotopic (exact) mass is 239 g/mol. The summed E-state index contributed by atoms with van der Waals surface area (Å²) >= 11 is 0. The molecule has 17 heavy (non-hydrogen) atoms. The van der Waals surface area contributed by atoms with Crippen LogP contribution in [0.2, 0.25) is 0 Å². The van der Waals surface area contributed by atoms with Gasteiger partial charge in [0.05, 0.1) is 0 Å². The summed E-state index contributed by atoms with van der Waals surface area (Å²) in [5.74, 6) is 0.240. The van der Waals surface area contributed by atoms with Gasteiger partial charge in [-0.2, -0.15) is 0 Å². The number of nitrogens with zero attached hydrogens (tertiary/aromatic N) is 2. The third-order valence-corrected chi connectivity index (χ3v) is 4.08. The summed E-state index contributed by atoms with van der Waals surface area (Å²) in [4.78, 5) is 16.3. The first-order chi connectivity index (χ1) is 8.31. The Morgan fingerprint density at radius 1 is 1.06 bits per heavy atom. The molecule has 0 bridgehead atoms. The third-order valence-electron chi connectivity index (χ3n) is 4.08. The number of hydrogen-bond donors (Lipinski definition) is 1. The van der Waals surface area contributed by atoms with E-state index in [1.54, 1.807) is 0 Å². The second kappa shape index (κ2) is 6.36. The van der Waals surface area contributed by atoms with Crippen LogP contribution in [0.5, 0.6) is 0 Å². The summed E-state index contributed by atoms with van der Waals surface area (Å²) in [5, 5.41) is 0. The lowest BCUT2D eigenvalue weighted by atomic mass is 10.00. The summed E-state index contributed by atoms with van der Waals surface area (Å²) in [7, 11) is 0. The number of hydrogen-bond acceptors (Lipinski definition) is 3. The molecule has 2 aliphatic heterocycles. The maximum atomic E-state index is 11.7. The largest absolute Gasteiger partial charge is 0.343 e. The maximum Gasteiger partial charge on any atom is 0.223 e. The Morgan fingerprint density at radius 3 is 2.29 bits per heavy atom. The highest BCUT2D eigenvalue weighted by Crippen LogP contribution is 2.20. The molecule has 4 heteroatoms. The van der Waals surface area contributed by atoms with Gasteiger partial charge in [-0.15, -0.1) is 0 Å². The van der Waals surface area contributed by atoms with Crippen LogP contribution < -0.4 is 5.73 Å². The molecule has 2 aliphatic rings. The molecular weight excluding hydrogens is 214 g/mol. The van der Waals surface area contributed by atoms with Gasteiger partial charge in [0.15, 0.2) is 0 Å². The van der Waals surface area contributed by atoms with Gasteiger partial charge in [0.25, 0.3) is 0 Å². The zero-order valence-electron chi connectivity index (χ0n) is 10.7. The second-order valence-electron chi connectivity index (χ2n) is 5.25. The van der Waals surface area contributed by atoms with Crippen LogP contribution in [0.4, 0.5) is 0 Å². The van der Waals surface area contributed by atoms with Crippen molar-refractivity contribution in [2.45, 2.75) is 44.6 Å². The topological polar surface area (TPSA) is 49.6 Å². The molecule has 2 rings (SSSR count). The molecule has 2 saturated heterocycles. The molecule has 1 amide bonds. The summed E-state index contributed by atoms with van der Waals surface area (Å²) in [6.07, 6.45) is 6.91. The highest BCUT2D eigenvalue weighted by molar-refractivity contribution is 5.76. The van der Waals surface area contributed by atoms with E-state index in [0.29, 0.717) is 13.0 Å². The van der Waals surface area contributed by atoms with Gasteiger partial charge < -0.3 is 15.5 Å². The minimum atomic E-state index is 0.240. The fourth-order valence-corrected chi connectivity index (χ4v) is 3.05. The van der Waals surface area contributed by atoms with E-state index >= 15 is 0 Å². The quantitative estimate of drug-likeness (QED) is 0.793. The molecule has 0 aromatic heterocycles. The summed E-state index contributed by atoms with van der Waals surface area (Å²) in [6.45, 7) is 4.87. The van der Waals surface area contributed by atoms with E-state index in [1.807, 2.05) is 4.90 Å². The van der Waals surface area contributed by atoms with Crippen molar-refractivity contribution in [3.8, 4) is 0 Å². The van der Waals surface area contributed by atoms with Gasteiger partial charge in [-0.1, -0.05) is 6.42 Å². The van der Waals surface area contributed by atoms with Gasteiger partial charge in [0, 0.05) is 32.1 Å². The van der Waals surface area contributed by atoms with Crippen molar-refractivity contribution in [2.24, 2.45) is 5.73 Å². The third kappa shape index (κ3) is 3.42. The fraction of sp³-hybridized carbons (Fsp3) is 0.923. The minimum Gasteiger partial charge on any atom is -0.343 e. The van der Waals surface area contributed by atoms with Crippen molar-refractivity contribution in [1.82, 2.24) is 9.80 Å². The zero-order valence-corrected chi connectivity index (χ0v) is 10.7.